The van der Waals surface area contributed by atoms with Crippen LogP contribution < -0.4 is 9.47 Å². The van der Waals surface area contributed by atoms with E-state index in [2.05, 4.69) is 78.4 Å². The van der Waals surface area contributed by atoms with Gasteiger partial charge in [0.05, 0.1) is 6.33 Å². The minimum absolute atomic E-state index is 0.218. The minimum atomic E-state index is 0.218. The van der Waals surface area contributed by atoms with E-state index >= 15 is 0 Å². The first-order valence-corrected chi connectivity index (χ1v) is 14.1. The highest BCUT2D eigenvalue weighted by molar-refractivity contribution is 5.81. The highest BCUT2D eigenvalue weighted by atomic mass is 16.5. The third kappa shape index (κ3) is 6.28. The fourth-order valence-electron chi connectivity index (χ4n) is 4.92. The van der Waals surface area contributed by atoms with Gasteiger partial charge < -0.3 is 18.5 Å². The molecule has 0 aliphatic heterocycles. The van der Waals surface area contributed by atoms with Crippen LogP contribution in [-0.4, -0.2) is 14.5 Å². The largest absolute Gasteiger partial charge is 0.488 e. The molecule has 6 rings (SSSR count). The van der Waals surface area contributed by atoms with Crippen LogP contribution in [0.15, 0.2) is 127 Å². The van der Waals surface area contributed by atoms with E-state index in [1.54, 1.807) is 6.20 Å². The number of hydrogen-bond acceptors (Lipinski definition) is 5. The van der Waals surface area contributed by atoms with Crippen LogP contribution in [0.2, 0.25) is 0 Å². The summed E-state index contributed by atoms with van der Waals surface area (Å²) in [5, 5.41) is 0. The monoisotopic (exact) mass is 555 g/mol. The van der Waals surface area contributed by atoms with Gasteiger partial charge in [-0.3, -0.25) is 0 Å². The number of nitrogens with zero attached hydrogens (tertiary/aromatic N) is 3. The molecule has 2 aromatic heterocycles. The Morgan fingerprint density at radius 2 is 1.43 bits per heavy atom. The molecule has 0 radical (unpaired) electrons. The van der Waals surface area contributed by atoms with Crippen molar-refractivity contribution in [3.8, 4) is 34.1 Å². The van der Waals surface area contributed by atoms with Crippen LogP contribution in [0.4, 0.5) is 0 Å². The summed E-state index contributed by atoms with van der Waals surface area (Å²) in [6.07, 6.45) is 7.06. The fraction of sp³-hybridized carbons (Fsp3) is 0.167. The molecule has 0 fully saturated rings. The average molecular weight is 556 g/mol. The molecule has 0 bridgehead atoms. The van der Waals surface area contributed by atoms with Crippen molar-refractivity contribution in [1.29, 1.82) is 0 Å². The van der Waals surface area contributed by atoms with Crippen LogP contribution in [0.3, 0.4) is 0 Å². The lowest BCUT2D eigenvalue weighted by atomic mass is 9.96. The predicted octanol–water partition coefficient (Wildman–Crippen LogP) is 8.53. The van der Waals surface area contributed by atoms with Gasteiger partial charge in [-0.2, -0.15) is 0 Å². The second kappa shape index (κ2) is 12.6. The Kier molecular flexibility index (Phi) is 8.13. The molecule has 6 aromatic rings. The molecule has 210 valence electrons. The number of benzene rings is 4. The molecule has 0 aliphatic carbocycles. The molecule has 2 heterocycles. The van der Waals surface area contributed by atoms with Crippen molar-refractivity contribution in [2.75, 3.05) is 0 Å². The Bertz CT molecular complexity index is 1710. The van der Waals surface area contributed by atoms with Gasteiger partial charge in [0.15, 0.2) is 12.2 Å². The smallest absolute Gasteiger partial charge is 0.182 e. The van der Waals surface area contributed by atoms with Crippen molar-refractivity contribution in [2.45, 2.75) is 39.5 Å². The summed E-state index contributed by atoms with van der Waals surface area (Å²) in [6.45, 7) is 5.98. The topological polar surface area (TPSA) is 62.3 Å². The van der Waals surface area contributed by atoms with E-state index in [-0.39, 0.29) is 5.92 Å². The molecule has 0 saturated heterocycles. The first-order valence-electron chi connectivity index (χ1n) is 14.1. The zero-order valence-corrected chi connectivity index (χ0v) is 23.8. The van der Waals surface area contributed by atoms with Gasteiger partial charge >= 0.3 is 0 Å². The molecule has 6 heteroatoms. The maximum atomic E-state index is 6.47. The molecule has 0 saturated carbocycles. The van der Waals surface area contributed by atoms with Gasteiger partial charge in [-0.05, 0) is 34.2 Å². The molecule has 0 amide bonds. The highest BCUT2D eigenvalue weighted by Crippen LogP contribution is 2.42. The summed E-state index contributed by atoms with van der Waals surface area (Å²) >= 11 is 0. The fourth-order valence-corrected chi connectivity index (χ4v) is 4.92. The Morgan fingerprint density at radius 3 is 2.05 bits per heavy atom. The molecular formula is C36H33N3O3. The van der Waals surface area contributed by atoms with Crippen LogP contribution in [0, 0.1) is 0 Å². The van der Waals surface area contributed by atoms with Crippen molar-refractivity contribution in [3.63, 3.8) is 0 Å². The number of hydrogen-bond donors (Lipinski definition) is 0. The molecule has 0 aliphatic rings. The van der Waals surface area contributed by atoms with Crippen molar-refractivity contribution < 1.29 is 13.9 Å². The zero-order valence-electron chi connectivity index (χ0n) is 23.8. The van der Waals surface area contributed by atoms with Gasteiger partial charge in [0.1, 0.15) is 30.4 Å². The third-order valence-corrected chi connectivity index (χ3v) is 7.17. The van der Waals surface area contributed by atoms with Crippen molar-refractivity contribution in [2.24, 2.45) is 0 Å². The number of oxazole rings is 1. The van der Waals surface area contributed by atoms with Gasteiger partial charge in [-0.15, -0.1) is 0 Å². The molecule has 0 unspecified atom stereocenters. The molecule has 6 nitrogen and oxygen atoms in total. The summed E-state index contributed by atoms with van der Waals surface area (Å²) in [6, 6.07) is 32.8. The van der Waals surface area contributed by atoms with Crippen LogP contribution in [0.1, 0.15) is 42.0 Å². The molecule has 0 N–H and O–H groups in total. The van der Waals surface area contributed by atoms with Gasteiger partial charge in [-0.25, -0.2) is 9.97 Å². The highest BCUT2D eigenvalue weighted by Gasteiger charge is 2.22. The molecular weight excluding hydrogens is 522 g/mol. The summed E-state index contributed by atoms with van der Waals surface area (Å²) in [4.78, 5) is 8.82. The number of aromatic nitrogens is 3. The molecule has 0 atom stereocenters. The van der Waals surface area contributed by atoms with E-state index < -0.39 is 0 Å². The van der Waals surface area contributed by atoms with E-state index in [4.69, 9.17) is 13.9 Å². The van der Waals surface area contributed by atoms with Crippen molar-refractivity contribution in [3.05, 3.63) is 144 Å². The Hall–Kier alpha value is -5.10. The Morgan fingerprint density at radius 1 is 0.762 bits per heavy atom. The van der Waals surface area contributed by atoms with Crippen molar-refractivity contribution >= 4 is 0 Å². The van der Waals surface area contributed by atoms with Crippen molar-refractivity contribution in [1.82, 2.24) is 14.5 Å². The Balaban J connectivity index is 1.36. The average Bonchev–Trinajstić information content (AvgIpc) is 3.73. The summed E-state index contributed by atoms with van der Waals surface area (Å²) in [7, 11) is 0. The SMILES string of the molecule is CC(C)c1cc(-c2ncoc2-c2ccc(Cn3ccnc3)cc2)c(OCc2ccccc2)cc1OCc1ccccc1. The van der Waals surface area contributed by atoms with Crippen LogP contribution >= 0.6 is 0 Å². The lowest BCUT2D eigenvalue weighted by molar-refractivity contribution is 0.288. The van der Waals surface area contributed by atoms with E-state index in [9.17, 15) is 0 Å². The van der Waals surface area contributed by atoms with Crippen LogP contribution in [-0.2, 0) is 19.8 Å². The van der Waals surface area contributed by atoms with Gasteiger partial charge in [0.2, 0.25) is 0 Å². The predicted molar refractivity (Wildman–Crippen MR) is 164 cm³/mol. The molecule has 42 heavy (non-hydrogen) atoms. The first kappa shape index (κ1) is 27.1. The summed E-state index contributed by atoms with van der Waals surface area (Å²) in [5.74, 6) is 2.41. The van der Waals surface area contributed by atoms with E-state index in [1.807, 2.05) is 59.6 Å². The van der Waals surface area contributed by atoms with E-state index in [0.717, 1.165) is 45.8 Å². The lowest BCUT2D eigenvalue weighted by Gasteiger charge is -2.19. The van der Waals surface area contributed by atoms with E-state index in [0.29, 0.717) is 24.7 Å². The summed E-state index contributed by atoms with van der Waals surface area (Å²) in [5.41, 5.74) is 6.99. The quantitative estimate of drug-likeness (QED) is 0.160. The molecule has 4 aromatic carbocycles. The van der Waals surface area contributed by atoms with Gasteiger partial charge in [0.25, 0.3) is 0 Å². The normalized spacial score (nSPS) is 11.1. The standard InChI is InChI=1S/C36H33N3O3/c1-26(2)31-19-32(35-36(42-25-38-35)30-15-13-27(14-16-30)21-39-18-17-37-24-39)34(41-23-29-11-7-4-8-12-29)20-33(31)40-22-28-9-5-3-6-10-28/h3-20,24-26H,21-23H2,1-2H3. The van der Waals surface area contributed by atoms with Crippen LogP contribution in [0.5, 0.6) is 11.5 Å². The van der Waals surface area contributed by atoms with E-state index in [1.165, 1.54) is 12.0 Å². The van der Waals surface area contributed by atoms with Crippen LogP contribution in [0.25, 0.3) is 22.6 Å². The maximum Gasteiger partial charge on any atom is 0.182 e. The first-order chi connectivity index (χ1) is 20.6. The molecule has 0 spiro atoms. The second-order valence-corrected chi connectivity index (χ2v) is 10.6. The lowest BCUT2D eigenvalue weighted by Crippen LogP contribution is -2.04. The number of rotatable bonds is 11. The van der Waals surface area contributed by atoms with Gasteiger partial charge in [0, 0.05) is 36.1 Å². The Labute approximate surface area is 246 Å². The minimum Gasteiger partial charge on any atom is -0.488 e. The third-order valence-electron chi connectivity index (χ3n) is 7.17. The number of ether oxygens (including phenoxy) is 2. The second-order valence-electron chi connectivity index (χ2n) is 10.6. The summed E-state index contributed by atoms with van der Waals surface area (Å²) < 4.78 is 20.9. The van der Waals surface area contributed by atoms with Gasteiger partial charge in [-0.1, -0.05) is 98.8 Å². The maximum absolute atomic E-state index is 6.47. The zero-order chi connectivity index (χ0) is 28.7. The number of imidazole rings is 1.